The molecule has 4 rings (SSSR count). The topological polar surface area (TPSA) is 46.2 Å². The van der Waals surface area contributed by atoms with Gasteiger partial charge in [-0.25, -0.2) is 0 Å². The molecule has 0 saturated carbocycles. The average molecular weight is 370 g/mol. The Morgan fingerprint density at radius 2 is 1.48 bits per heavy atom. The molecule has 1 heterocycles. The molecule has 144 valence electrons. The molecule has 5 nitrogen and oxygen atoms in total. The smallest absolute Gasteiger partial charge is 0.231 e. The minimum Gasteiger partial charge on any atom is -0.493 e. The van der Waals surface area contributed by atoms with E-state index in [1.165, 1.54) is 11.1 Å². The highest BCUT2D eigenvalue weighted by Gasteiger charge is 2.35. The summed E-state index contributed by atoms with van der Waals surface area (Å²) in [5.74, 6) is 4.87. The van der Waals surface area contributed by atoms with Crippen molar-refractivity contribution < 1.29 is 23.7 Å². The first kappa shape index (κ1) is 17.8. The molecular weight excluding hydrogens is 344 g/mol. The van der Waals surface area contributed by atoms with Crippen molar-refractivity contribution in [3.05, 3.63) is 41.0 Å². The SMILES string of the molecule is COc1cc([C@@H]2c3cc4c(cc3C[C@@H](C)[C@@H]2C)OCO4)cc(OC)c1OC. The van der Waals surface area contributed by atoms with Crippen LogP contribution < -0.4 is 23.7 Å². The maximum atomic E-state index is 5.65. The molecule has 0 spiro atoms. The standard InChI is InChI=1S/C22H26O5/c1-12-6-14-7-17-18(27-11-26-17)10-16(14)21(13(12)2)15-8-19(23-3)22(25-5)20(9-15)24-4/h7-10,12-13,21H,6,11H2,1-5H3/t12-,13+,21-/m1/s1. The molecule has 27 heavy (non-hydrogen) atoms. The molecule has 1 aliphatic heterocycles. The highest BCUT2D eigenvalue weighted by molar-refractivity contribution is 5.58. The van der Waals surface area contributed by atoms with Crippen molar-refractivity contribution in [3.8, 4) is 28.7 Å². The van der Waals surface area contributed by atoms with E-state index in [1.54, 1.807) is 21.3 Å². The van der Waals surface area contributed by atoms with Gasteiger partial charge in [-0.2, -0.15) is 0 Å². The van der Waals surface area contributed by atoms with Gasteiger partial charge in [-0.3, -0.25) is 0 Å². The summed E-state index contributed by atoms with van der Waals surface area (Å²) in [6, 6.07) is 8.42. The van der Waals surface area contributed by atoms with Crippen molar-refractivity contribution in [2.45, 2.75) is 26.2 Å². The lowest BCUT2D eigenvalue weighted by Gasteiger charge is -2.37. The predicted molar refractivity (Wildman–Crippen MR) is 103 cm³/mol. The third-order valence-electron chi connectivity index (χ3n) is 5.98. The van der Waals surface area contributed by atoms with Crippen LogP contribution in [0.5, 0.6) is 28.7 Å². The second-order valence-electron chi connectivity index (χ2n) is 7.38. The lowest BCUT2D eigenvalue weighted by atomic mass is 9.68. The Balaban J connectivity index is 1.88. The summed E-state index contributed by atoms with van der Waals surface area (Å²) in [4.78, 5) is 0. The van der Waals surface area contributed by atoms with Crippen LogP contribution in [0.1, 0.15) is 36.5 Å². The molecule has 0 amide bonds. The molecule has 2 aliphatic rings. The van der Waals surface area contributed by atoms with E-state index in [-0.39, 0.29) is 12.7 Å². The maximum Gasteiger partial charge on any atom is 0.231 e. The summed E-state index contributed by atoms with van der Waals surface area (Å²) < 4.78 is 27.9. The van der Waals surface area contributed by atoms with Crippen molar-refractivity contribution in [3.63, 3.8) is 0 Å². The van der Waals surface area contributed by atoms with Crippen molar-refractivity contribution in [2.24, 2.45) is 11.8 Å². The van der Waals surface area contributed by atoms with Crippen molar-refractivity contribution >= 4 is 0 Å². The van der Waals surface area contributed by atoms with Crippen LogP contribution >= 0.6 is 0 Å². The van der Waals surface area contributed by atoms with E-state index in [1.807, 2.05) is 0 Å². The summed E-state index contributed by atoms with van der Waals surface area (Å²) in [7, 11) is 4.93. The highest BCUT2D eigenvalue weighted by atomic mass is 16.7. The van der Waals surface area contributed by atoms with Gasteiger partial charge in [-0.05, 0) is 59.2 Å². The fourth-order valence-corrected chi connectivity index (χ4v) is 4.37. The number of rotatable bonds is 4. The van der Waals surface area contributed by atoms with E-state index in [2.05, 4.69) is 38.1 Å². The molecule has 0 unspecified atom stereocenters. The third-order valence-corrected chi connectivity index (χ3v) is 5.98. The Morgan fingerprint density at radius 3 is 2.07 bits per heavy atom. The predicted octanol–water partition coefficient (Wildman–Crippen LogP) is 4.40. The first-order valence-corrected chi connectivity index (χ1v) is 9.29. The van der Waals surface area contributed by atoms with Crippen LogP contribution in [-0.2, 0) is 6.42 Å². The first-order chi connectivity index (χ1) is 13.1. The van der Waals surface area contributed by atoms with Crippen molar-refractivity contribution in [1.82, 2.24) is 0 Å². The number of hydrogen-bond donors (Lipinski definition) is 0. The van der Waals surface area contributed by atoms with E-state index < -0.39 is 0 Å². The largest absolute Gasteiger partial charge is 0.493 e. The molecule has 0 N–H and O–H groups in total. The fourth-order valence-electron chi connectivity index (χ4n) is 4.37. The van der Waals surface area contributed by atoms with Crippen LogP contribution in [0.25, 0.3) is 0 Å². The minimum atomic E-state index is 0.215. The average Bonchev–Trinajstić information content (AvgIpc) is 3.13. The number of benzene rings is 2. The number of methoxy groups -OCH3 is 3. The van der Waals surface area contributed by atoms with Crippen LogP contribution in [0.3, 0.4) is 0 Å². The van der Waals surface area contributed by atoms with Gasteiger partial charge in [0, 0.05) is 5.92 Å². The molecule has 1 aliphatic carbocycles. The molecule has 2 aromatic rings. The van der Waals surface area contributed by atoms with Gasteiger partial charge in [-0.15, -0.1) is 0 Å². The molecule has 0 bridgehead atoms. The van der Waals surface area contributed by atoms with Gasteiger partial charge in [-0.1, -0.05) is 13.8 Å². The van der Waals surface area contributed by atoms with Crippen molar-refractivity contribution in [1.29, 1.82) is 0 Å². The van der Waals surface area contributed by atoms with E-state index >= 15 is 0 Å². The van der Waals surface area contributed by atoms with Crippen LogP contribution in [0.15, 0.2) is 24.3 Å². The zero-order chi connectivity index (χ0) is 19.1. The van der Waals surface area contributed by atoms with Gasteiger partial charge < -0.3 is 23.7 Å². The van der Waals surface area contributed by atoms with Gasteiger partial charge in [0.25, 0.3) is 0 Å². The van der Waals surface area contributed by atoms with Gasteiger partial charge in [0.1, 0.15) is 0 Å². The Bertz CT molecular complexity index is 835. The number of hydrogen-bond acceptors (Lipinski definition) is 5. The quantitative estimate of drug-likeness (QED) is 0.798. The molecule has 3 atom stereocenters. The molecular formula is C22H26O5. The zero-order valence-corrected chi connectivity index (χ0v) is 16.5. The summed E-state index contributed by atoms with van der Waals surface area (Å²) in [6.45, 7) is 4.91. The van der Waals surface area contributed by atoms with Gasteiger partial charge >= 0.3 is 0 Å². The van der Waals surface area contributed by atoms with Crippen LogP contribution in [-0.4, -0.2) is 28.1 Å². The Hall–Kier alpha value is -2.56. The van der Waals surface area contributed by atoms with E-state index in [0.717, 1.165) is 23.5 Å². The normalized spacial score (nSPS) is 22.9. The minimum absolute atomic E-state index is 0.215. The van der Waals surface area contributed by atoms with Gasteiger partial charge in [0.15, 0.2) is 23.0 Å². The number of fused-ring (bicyclic) bond motifs is 2. The monoisotopic (exact) mass is 370 g/mol. The lowest BCUT2D eigenvalue weighted by Crippen LogP contribution is -2.26. The molecule has 5 heteroatoms. The molecule has 2 aromatic carbocycles. The zero-order valence-electron chi connectivity index (χ0n) is 16.5. The second kappa shape index (κ2) is 6.87. The third kappa shape index (κ3) is 2.85. The molecule has 0 radical (unpaired) electrons. The summed E-state index contributed by atoms with van der Waals surface area (Å²) in [5.41, 5.74) is 3.77. The summed E-state index contributed by atoms with van der Waals surface area (Å²) >= 11 is 0. The Labute approximate surface area is 160 Å². The molecule has 0 saturated heterocycles. The van der Waals surface area contributed by atoms with E-state index in [9.17, 15) is 0 Å². The Morgan fingerprint density at radius 1 is 0.852 bits per heavy atom. The fraction of sp³-hybridized carbons (Fsp3) is 0.455. The first-order valence-electron chi connectivity index (χ1n) is 9.29. The summed E-state index contributed by atoms with van der Waals surface area (Å²) in [6.07, 6.45) is 1.04. The van der Waals surface area contributed by atoms with Crippen LogP contribution in [0, 0.1) is 11.8 Å². The van der Waals surface area contributed by atoms with E-state index in [4.69, 9.17) is 23.7 Å². The highest BCUT2D eigenvalue weighted by Crippen LogP contribution is 2.50. The van der Waals surface area contributed by atoms with Crippen LogP contribution in [0.2, 0.25) is 0 Å². The van der Waals surface area contributed by atoms with Crippen molar-refractivity contribution in [2.75, 3.05) is 28.1 Å². The Kier molecular flexibility index (Phi) is 4.54. The van der Waals surface area contributed by atoms with Crippen LogP contribution in [0.4, 0.5) is 0 Å². The number of ether oxygens (including phenoxy) is 5. The maximum absolute atomic E-state index is 5.65. The summed E-state index contributed by atoms with van der Waals surface area (Å²) in [5, 5.41) is 0. The van der Waals surface area contributed by atoms with E-state index in [0.29, 0.717) is 29.1 Å². The molecule has 0 fully saturated rings. The van der Waals surface area contributed by atoms with Gasteiger partial charge in [0.2, 0.25) is 12.5 Å². The second-order valence-corrected chi connectivity index (χ2v) is 7.38. The lowest BCUT2D eigenvalue weighted by molar-refractivity contribution is 0.174. The van der Waals surface area contributed by atoms with Gasteiger partial charge in [0.05, 0.1) is 21.3 Å². The molecule has 0 aromatic heterocycles.